The zero-order valence-electron chi connectivity index (χ0n) is 10.1. The number of methoxy groups -OCH3 is 1. The summed E-state index contributed by atoms with van der Waals surface area (Å²) in [5.41, 5.74) is 0.00807. The highest BCUT2D eigenvalue weighted by Crippen LogP contribution is 1.89. The van der Waals surface area contributed by atoms with Crippen molar-refractivity contribution in [3.05, 3.63) is 34.7 Å². The number of aromatic nitrogens is 1. The first-order chi connectivity index (χ1) is 8.24. The van der Waals surface area contributed by atoms with Gasteiger partial charge >= 0.3 is 0 Å². The average molecular weight is 240 g/mol. The molecule has 5 heteroatoms. The SMILES string of the molecule is COCC(O)CCNCCn1ccccc1=O. The molecule has 0 saturated heterocycles. The van der Waals surface area contributed by atoms with Gasteiger partial charge in [0.2, 0.25) is 0 Å². The van der Waals surface area contributed by atoms with E-state index in [0.717, 1.165) is 0 Å². The van der Waals surface area contributed by atoms with Crippen LogP contribution >= 0.6 is 0 Å². The van der Waals surface area contributed by atoms with E-state index in [4.69, 9.17) is 4.74 Å². The number of pyridine rings is 1. The normalized spacial score (nSPS) is 12.6. The highest BCUT2D eigenvalue weighted by Gasteiger charge is 2.01. The van der Waals surface area contributed by atoms with E-state index in [1.54, 1.807) is 30.0 Å². The quantitative estimate of drug-likeness (QED) is 0.620. The number of aliphatic hydroxyl groups is 1. The molecule has 0 spiro atoms. The Labute approximate surface area is 101 Å². The van der Waals surface area contributed by atoms with Crippen molar-refractivity contribution in [3.63, 3.8) is 0 Å². The van der Waals surface area contributed by atoms with Crippen LogP contribution in [-0.2, 0) is 11.3 Å². The molecule has 0 saturated carbocycles. The molecule has 0 bridgehead atoms. The van der Waals surface area contributed by atoms with E-state index in [1.807, 2.05) is 6.07 Å². The highest BCUT2D eigenvalue weighted by atomic mass is 16.5. The van der Waals surface area contributed by atoms with Crippen molar-refractivity contribution in [2.45, 2.75) is 19.1 Å². The van der Waals surface area contributed by atoms with Crippen LogP contribution in [0.1, 0.15) is 6.42 Å². The van der Waals surface area contributed by atoms with Crippen LogP contribution in [0.3, 0.4) is 0 Å². The second kappa shape index (κ2) is 8.00. The van der Waals surface area contributed by atoms with Crippen LogP contribution in [0, 0.1) is 0 Å². The van der Waals surface area contributed by atoms with E-state index in [-0.39, 0.29) is 5.56 Å². The predicted octanol–water partition coefficient (Wildman–Crippen LogP) is -0.165. The van der Waals surface area contributed by atoms with Crippen molar-refractivity contribution in [1.82, 2.24) is 9.88 Å². The molecule has 1 rings (SSSR count). The summed E-state index contributed by atoms with van der Waals surface area (Å²) in [6.07, 6.45) is 1.99. The van der Waals surface area contributed by atoms with Crippen molar-refractivity contribution in [1.29, 1.82) is 0 Å². The van der Waals surface area contributed by atoms with Gasteiger partial charge in [-0.15, -0.1) is 0 Å². The summed E-state index contributed by atoms with van der Waals surface area (Å²) < 4.78 is 6.47. The first-order valence-corrected chi connectivity index (χ1v) is 5.77. The van der Waals surface area contributed by atoms with Crippen molar-refractivity contribution in [2.75, 3.05) is 26.8 Å². The fourth-order valence-electron chi connectivity index (χ4n) is 1.51. The van der Waals surface area contributed by atoms with Crippen molar-refractivity contribution in [2.24, 2.45) is 0 Å². The lowest BCUT2D eigenvalue weighted by Crippen LogP contribution is -2.28. The summed E-state index contributed by atoms with van der Waals surface area (Å²) in [6.45, 7) is 2.43. The average Bonchev–Trinajstić information content (AvgIpc) is 2.31. The molecule has 17 heavy (non-hydrogen) atoms. The van der Waals surface area contributed by atoms with Crippen molar-refractivity contribution < 1.29 is 9.84 Å². The molecule has 1 heterocycles. The number of hydrogen-bond donors (Lipinski definition) is 2. The Kier molecular flexibility index (Phi) is 6.54. The summed E-state index contributed by atoms with van der Waals surface area (Å²) in [4.78, 5) is 11.4. The van der Waals surface area contributed by atoms with Crippen LogP contribution in [0.2, 0.25) is 0 Å². The standard InChI is InChI=1S/C12H20N2O3/c1-17-10-11(15)5-6-13-7-9-14-8-3-2-4-12(14)16/h2-4,8,11,13,15H,5-7,9-10H2,1H3. The number of hydrogen-bond acceptors (Lipinski definition) is 4. The largest absolute Gasteiger partial charge is 0.391 e. The minimum atomic E-state index is -0.424. The molecule has 96 valence electrons. The minimum Gasteiger partial charge on any atom is -0.391 e. The third kappa shape index (κ3) is 5.63. The molecule has 5 nitrogen and oxygen atoms in total. The zero-order valence-corrected chi connectivity index (χ0v) is 10.1. The number of nitrogens with zero attached hydrogens (tertiary/aromatic N) is 1. The molecule has 0 aliphatic carbocycles. The van der Waals surface area contributed by atoms with Gasteiger partial charge in [0.05, 0.1) is 12.7 Å². The van der Waals surface area contributed by atoms with Gasteiger partial charge in [-0.3, -0.25) is 4.79 Å². The second-order valence-electron chi connectivity index (χ2n) is 3.88. The zero-order chi connectivity index (χ0) is 12.5. The number of aliphatic hydroxyl groups excluding tert-OH is 1. The Bertz CT molecular complexity index is 365. The molecule has 0 aromatic carbocycles. The Morgan fingerprint density at radius 2 is 2.29 bits per heavy atom. The number of ether oxygens (including phenoxy) is 1. The van der Waals surface area contributed by atoms with Gasteiger partial charge in [-0.25, -0.2) is 0 Å². The predicted molar refractivity (Wildman–Crippen MR) is 66.1 cm³/mol. The molecule has 0 radical (unpaired) electrons. The topological polar surface area (TPSA) is 63.5 Å². The molecular weight excluding hydrogens is 220 g/mol. The van der Waals surface area contributed by atoms with Gasteiger partial charge < -0.3 is 19.7 Å². The summed E-state index contributed by atoms with van der Waals surface area (Å²) in [7, 11) is 1.57. The fraction of sp³-hybridized carbons (Fsp3) is 0.583. The Hall–Kier alpha value is -1.17. The van der Waals surface area contributed by atoms with Gasteiger partial charge in [0.15, 0.2) is 0 Å². The van der Waals surface area contributed by atoms with Crippen molar-refractivity contribution >= 4 is 0 Å². The second-order valence-corrected chi connectivity index (χ2v) is 3.88. The summed E-state index contributed by atoms with van der Waals surface area (Å²) in [6, 6.07) is 5.11. The van der Waals surface area contributed by atoms with Crippen LogP contribution in [0.4, 0.5) is 0 Å². The third-order valence-electron chi connectivity index (χ3n) is 2.44. The van der Waals surface area contributed by atoms with Gasteiger partial charge in [0.1, 0.15) is 0 Å². The molecule has 0 fully saturated rings. The van der Waals surface area contributed by atoms with E-state index >= 15 is 0 Å². The Morgan fingerprint density at radius 1 is 1.47 bits per heavy atom. The molecular formula is C12H20N2O3. The lowest BCUT2D eigenvalue weighted by atomic mass is 10.2. The van der Waals surface area contributed by atoms with Gasteiger partial charge in [-0.05, 0) is 19.0 Å². The molecule has 0 amide bonds. The van der Waals surface area contributed by atoms with Crippen molar-refractivity contribution in [3.8, 4) is 0 Å². The first-order valence-electron chi connectivity index (χ1n) is 5.77. The van der Waals surface area contributed by atoms with E-state index in [2.05, 4.69) is 5.32 Å². The maximum atomic E-state index is 11.4. The highest BCUT2D eigenvalue weighted by molar-refractivity contribution is 4.93. The Balaban J connectivity index is 2.13. The molecule has 1 aromatic rings. The molecule has 2 N–H and O–H groups in total. The van der Waals surface area contributed by atoms with Gasteiger partial charge in [0.25, 0.3) is 5.56 Å². The summed E-state index contributed by atoms with van der Waals surface area (Å²) >= 11 is 0. The monoisotopic (exact) mass is 240 g/mol. The maximum absolute atomic E-state index is 11.4. The fourth-order valence-corrected chi connectivity index (χ4v) is 1.51. The van der Waals surface area contributed by atoms with E-state index in [9.17, 15) is 9.90 Å². The smallest absolute Gasteiger partial charge is 0.250 e. The maximum Gasteiger partial charge on any atom is 0.250 e. The van der Waals surface area contributed by atoms with E-state index in [0.29, 0.717) is 32.7 Å². The number of rotatable bonds is 8. The van der Waals surface area contributed by atoms with Crippen LogP contribution < -0.4 is 10.9 Å². The molecule has 0 aliphatic rings. The third-order valence-corrected chi connectivity index (χ3v) is 2.44. The lowest BCUT2D eigenvalue weighted by Gasteiger charge is -2.10. The van der Waals surface area contributed by atoms with Crippen LogP contribution in [-0.4, -0.2) is 42.6 Å². The van der Waals surface area contributed by atoms with Crippen LogP contribution in [0.25, 0.3) is 0 Å². The van der Waals surface area contributed by atoms with Gasteiger partial charge in [-0.1, -0.05) is 6.07 Å². The summed E-state index contributed by atoms with van der Waals surface area (Å²) in [5, 5.41) is 12.6. The minimum absolute atomic E-state index is 0.00807. The Morgan fingerprint density at radius 3 is 3.00 bits per heavy atom. The molecule has 1 aromatic heterocycles. The lowest BCUT2D eigenvalue weighted by molar-refractivity contribution is 0.0594. The first kappa shape index (κ1) is 13.9. The summed E-state index contributed by atoms with van der Waals surface area (Å²) in [5.74, 6) is 0. The van der Waals surface area contributed by atoms with Crippen LogP contribution in [0.15, 0.2) is 29.2 Å². The van der Waals surface area contributed by atoms with Crippen LogP contribution in [0.5, 0.6) is 0 Å². The molecule has 1 atom stereocenters. The van der Waals surface area contributed by atoms with Gasteiger partial charge in [-0.2, -0.15) is 0 Å². The number of nitrogens with one attached hydrogen (secondary N) is 1. The van der Waals surface area contributed by atoms with E-state index in [1.165, 1.54) is 0 Å². The van der Waals surface area contributed by atoms with Gasteiger partial charge in [0, 0.05) is 32.5 Å². The van der Waals surface area contributed by atoms with E-state index < -0.39 is 6.10 Å². The molecule has 1 unspecified atom stereocenters. The molecule has 0 aliphatic heterocycles.